The summed E-state index contributed by atoms with van der Waals surface area (Å²) in [5.74, 6) is 0. The van der Waals surface area contributed by atoms with Gasteiger partial charge in [0.05, 0.1) is 26.7 Å². The van der Waals surface area contributed by atoms with Gasteiger partial charge in [0.25, 0.3) is 0 Å². The Morgan fingerprint density at radius 3 is 1.50 bits per heavy atom. The maximum atomic E-state index is 9.18. The van der Waals surface area contributed by atoms with Crippen molar-refractivity contribution < 1.29 is 14.7 Å². The second kappa shape index (κ2) is 14.5. The van der Waals surface area contributed by atoms with Gasteiger partial charge in [0, 0.05) is 26.1 Å². The van der Waals surface area contributed by atoms with Crippen molar-refractivity contribution in [2.75, 3.05) is 33.9 Å². The molecule has 0 unspecified atom stereocenters. The first-order chi connectivity index (χ1) is 10.6. The summed E-state index contributed by atoms with van der Waals surface area (Å²) >= 11 is 0. The lowest BCUT2D eigenvalue weighted by Gasteiger charge is -2.38. The fourth-order valence-electron chi connectivity index (χ4n) is 3.33. The molecule has 2 N–H and O–H groups in total. The highest BCUT2D eigenvalue weighted by Crippen LogP contribution is 2.17. The minimum Gasteiger partial charge on any atom is -0.396 e. The van der Waals surface area contributed by atoms with Crippen molar-refractivity contribution >= 4 is 0 Å². The van der Waals surface area contributed by atoms with Crippen molar-refractivity contribution in [1.29, 1.82) is 0 Å². The number of hydrogen-bond acceptors (Lipinski definition) is 2. The van der Waals surface area contributed by atoms with Crippen molar-refractivity contribution in [3.8, 4) is 0 Å². The molecule has 0 amide bonds. The van der Waals surface area contributed by atoms with Crippen LogP contribution in [0.2, 0.25) is 0 Å². The van der Waals surface area contributed by atoms with E-state index in [0.717, 1.165) is 23.9 Å². The van der Waals surface area contributed by atoms with E-state index in [9.17, 15) is 10.2 Å². The first kappa shape index (κ1) is 21.9. The van der Waals surface area contributed by atoms with Gasteiger partial charge in [-0.3, -0.25) is 0 Å². The maximum absolute atomic E-state index is 9.18. The number of hydrogen-bond donors (Lipinski definition) is 2. The molecule has 0 aliphatic rings. The smallest absolute Gasteiger partial charge is 0.0930 e. The Kier molecular flexibility index (Phi) is 14.4. The average Bonchev–Trinajstić information content (AvgIpc) is 2.49. The molecular formula is C19H42NO2+. The molecule has 0 radical (unpaired) electrons. The van der Waals surface area contributed by atoms with Crippen LogP contribution in [0.3, 0.4) is 0 Å². The molecule has 0 spiro atoms. The van der Waals surface area contributed by atoms with Gasteiger partial charge in [0.15, 0.2) is 0 Å². The monoisotopic (exact) mass is 316 g/mol. The van der Waals surface area contributed by atoms with Crippen molar-refractivity contribution in [1.82, 2.24) is 0 Å². The largest absolute Gasteiger partial charge is 0.396 e. The molecule has 134 valence electrons. The molecule has 3 nitrogen and oxygen atoms in total. The van der Waals surface area contributed by atoms with Crippen LogP contribution in [0, 0.1) is 0 Å². The molecule has 0 saturated heterocycles. The number of aliphatic hydroxyl groups is 2. The second-order valence-corrected chi connectivity index (χ2v) is 7.36. The predicted octanol–water partition coefficient (Wildman–Crippen LogP) is 4.12. The molecule has 0 bridgehead atoms. The van der Waals surface area contributed by atoms with Gasteiger partial charge in [-0.25, -0.2) is 0 Å². The van der Waals surface area contributed by atoms with Crippen molar-refractivity contribution in [2.24, 2.45) is 0 Å². The minimum atomic E-state index is 0.227. The lowest BCUT2D eigenvalue weighted by Crippen LogP contribution is -2.50. The van der Waals surface area contributed by atoms with E-state index >= 15 is 0 Å². The topological polar surface area (TPSA) is 40.5 Å². The van der Waals surface area contributed by atoms with Gasteiger partial charge in [-0.2, -0.15) is 0 Å². The van der Waals surface area contributed by atoms with E-state index < -0.39 is 0 Å². The highest BCUT2D eigenvalue weighted by atomic mass is 16.3. The third-order valence-electron chi connectivity index (χ3n) is 5.00. The molecule has 22 heavy (non-hydrogen) atoms. The second-order valence-electron chi connectivity index (χ2n) is 7.36. The van der Waals surface area contributed by atoms with Crippen LogP contribution < -0.4 is 0 Å². The highest BCUT2D eigenvalue weighted by molar-refractivity contribution is 4.58. The zero-order valence-corrected chi connectivity index (χ0v) is 15.5. The number of quaternary nitrogens is 1. The molecule has 0 aromatic carbocycles. The molecule has 0 atom stereocenters. The van der Waals surface area contributed by atoms with E-state index in [2.05, 4.69) is 21.0 Å². The molecule has 0 aromatic rings. The lowest BCUT2D eigenvalue weighted by molar-refractivity contribution is -0.916. The van der Waals surface area contributed by atoms with Gasteiger partial charge in [0.2, 0.25) is 0 Å². The first-order valence-electron chi connectivity index (χ1n) is 9.62. The quantitative estimate of drug-likeness (QED) is 0.332. The molecule has 0 fully saturated rings. The summed E-state index contributed by atoms with van der Waals surface area (Å²) in [5.41, 5.74) is 0. The van der Waals surface area contributed by atoms with Crippen LogP contribution in [0.25, 0.3) is 0 Å². The highest BCUT2D eigenvalue weighted by Gasteiger charge is 2.26. The normalized spacial score (nSPS) is 12.3. The Labute approximate surface area is 139 Å². The SMILES string of the molecule is CCCCCCCCCCCC[N+](C)(C)C(CCO)CCO. The van der Waals surface area contributed by atoms with Crippen LogP contribution in [0.4, 0.5) is 0 Å². The van der Waals surface area contributed by atoms with Crippen LogP contribution in [-0.4, -0.2) is 54.6 Å². The molecule has 0 rings (SSSR count). The molecule has 0 heterocycles. The van der Waals surface area contributed by atoms with E-state index in [1.807, 2.05) is 0 Å². The summed E-state index contributed by atoms with van der Waals surface area (Å²) in [6.45, 7) is 3.88. The third kappa shape index (κ3) is 11.4. The average molecular weight is 317 g/mol. The molecule has 0 aliphatic carbocycles. The molecule has 0 aromatic heterocycles. The van der Waals surface area contributed by atoms with E-state index in [4.69, 9.17) is 0 Å². The van der Waals surface area contributed by atoms with Gasteiger partial charge in [-0.05, 0) is 12.8 Å². The minimum absolute atomic E-state index is 0.227. The Morgan fingerprint density at radius 2 is 1.09 bits per heavy atom. The summed E-state index contributed by atoms with van der Waals surface area (Å²) in [4.78, 5) is 0. The van der Waals surface area contributed by atoms with Crippen LogP contribution in [0.5, 0.6) is 0 Å². The maximum Gasteiger partial charge on any atom is 0.0930 e. The summed E-state index contributed by atoms with van der Waals surface area (Å²) in [5, 5.41) is 18.4. The van der Waals surface area contributed by atoms with Crippen molar-refractivity contribution in [2.45, 2.75) is 90.0 Å². The first-order valence-corrected chi connectivity index (χ1v) is 9.62. The van der Waals surface area contributed by atoms with E-state index in [0.29, 0.717) is 6.04 Å². The molecule has 0 saturated carbocycles. The van der Waals surface area contributed by atoms with Gasteiger partial charge in [-0.15, -0.1) is 0 Å². The van der Waals surface area contributed by atoms with E-state index in [-0.39, 0.29) is 13.2 Å². The zero-order chi connectivity index (χ0) is 16.7. The summed E-state index contributed by atoms with van der Waals surface area (Å²) < 4.78 is 0.929. The van der Waals surface area contributed by atoms with Crippen LogP contribution in [-0.2, 0) is 0 Å². The number of rotatable bonds is 16. The van der Waals surface area contributed by atoms with Crippen LogP contribution in [0.1, 0.15) is 84.0 Å². The standard InChI is InChI=1S/C19H42NO2/c1-4-5-6-7-8-9-10-11-12-13-16-20(2,3)19(14-17-21)15-18-22/h19,21-22H,4-18H2,1-3H3/q+1. The Hall–Kier alpha value is -0.120. The van der Waals surface area contributed by atoms with Crippen molar-refractivity contribution in [3.63, 3.8) is 0 Å². The Bertz CT molecular complexity index is 225. The predicted molar refractivity (Wildman–Crippen MR) is 96.0 cm³/mol. The number of nitrogens with zero attached hydrogens (tertiary/aromatic N) is 1. The lowest BCUT2D eigenvalue weighted by atomic mass is 10.0. The van der Waals surface area contributed by atoms with Crippen LogP contribution in [0.15, 0.2) is 0 Å². The Morgan fingerprint density at radius 1 is 0.682 bits per heavy atom. The fourth-order valence-corrected chi connectivity index (χ4v) is 3.33. The van der Waals surface area contributed by atoms with E-state index in [1.54, 1.807) is 0 Å². The van der Waals surface area contributed by atoms with Crippen molar-refractivity contribution in [3.05, 3.63) is 0 Å². The van der Waals surface area contributed by atoms with Gasteiger partial charge in [-0.1, -0.05) is 58.3 Å². The fraction of sp³-hybridized carbons (Fsp3) is 1.00. The van der Waals surface area contributed by atoms with E-state index in [1.165, 1.54) is 64.2 Å². The molecular weight excluding hydrogens is 274 g/mol. The summed E-state index contributed by atoms with van der Waals surface area (Å²) in [6.07, 6.45) is 15.3. The van der Waals surface area contributed by atoms with Gasteiger partial charge >= 0.3 is 0 Å². The van der Waals surface area contributed by atoms with Gasteiger partial charge < -0.3 is 14.7 Å². The molecule has 3 heteroatoms. The van der Waals surface area contributed by atoms with Crippen LogP contribution >= 0.6 is 0 Å². The van der Waals surface area contributed by atoms with Gasteiger partial charge in [0.1, 0.15) is 0 Å². The molecule has 0 aliphatic heterocycles. The zero-order valence-electron chi connectivity index (χ0n) is 15.5. The Balaban J connectivity index is 3.62. The summed E-state index contributed by atoms with van der Waals surface area (Å²) in [7, 11) is 4.48. The summed E-state index contributed by atoms with van der Waals surface area (Å²) in [6, 6.07) is 0.383. The number of aliphatic hydroxyl groups excluding tert-OH is 2. The third-order valence-corrected chi connectivity index (χ3v) is 5.00. The number of unbranched alkanes of at least 4 members (excludes halogenated alkanes) is 9.